The van der Waals surface area contributed by atoms with Crippen molar-refractivity contribution in [3.05, 3.63) is 34.9 Å². The first kappa shape index (κ1) is 16.9. The van der Waals surface area contributed by atoms with Crippen LogP contribution in [0.3, 0.4) is 0 Å². The summed E-state index contributed by atoms with van der Waals surface area (Å²) in [5.74, 6) is 0.241. The van der Waals surface area contributed by atoms with Gasteiger partial charge >= 0.3 is 6.03 Å². The molecule has 0 bridgehead atoms. The molecule has 0 radical (unpaired) electrons. The van der Waals surface area contributed by atoms with Crippen LogP contribution in [0.25, 0.3) is 0 Å². The van der Waals surface area contributed by atoms with Crippen LogP contribution >= 0.6 is 11.6 Å². The largest absolute Gasteiger partial charge is 0.327 e. The van der Waals surface area contributed by atoms with Gasteiger partial charge in [-0.05, 0) is 62.9 Å². The minimum absolute atomic E-state index is 0.000528. The number of carbonyl (C=O) groups excluding carboxylic acids is 2. The lowest BCUT2D eigenvalue weighted by Crippen LogP contribution is -2.44. The second-order valence-electron chi connectivity index (χ2n) is 7.47. The molecule has 0 aromatic heterocycles. The topological polar surface area (TPSA) is 43.9 Å². The minimum Gasteiger partial charge on any atom is -0.312 e. The minimum atomic E-state index is -0.210. The average Bonchev–Trinajstić information content (AvgIpc) is 3.15. The van der Waals surface area contributed by atoms with Crippen LogP contribution in [0.15, 0.2) is 24.3 Å². The van der Waals surface area contributed by atoms with Gasteiger partial charge in [-0.3, -0.25) is 14.6 Å². The molecule has 0 N–H and O–H groups in total. The molecule has 3 amide bonds. The maximum atomic E-state index is 12.7. The van der Waals surface area contributed by atoms with E-state index in [0.29, 0.717) is 13.1 Å². The summed E-state index contributed by atoms with van der Waals surface area (Å²) >= 11 is 6.20. The Kier molecular flexibility index (Phi) is 4.46. The molecule has 1 aromatic carbocycles. The summed E-state index contributed by atoms with van der Waals surface area (Å²) in [7, 11) is 2.11. The van der Waals surface area contributed by atoms with E-state index in [0.717, 1.165) is 37.3 Å². The van der Waals surface area contributed by atoms with Gasteiger partial charge < -0.3 is 4.90 Å². The SMILES string of the molecule is CN1CCC[C@H](CN2C(=O)[C@H]3CCCN3C2=O)[C@H]1c1cccc(Cl)c1. The molecule has 1 aromatic rings. The van der Waals surface area contributed by atoms with Gasteiger partial charge in [0.1, 0.15) is 6.04 Å². The molecule has 3 atom stereocenters. The number of hydrogen-bond acceptors (Lipinski definition) is 3. The zero-order valence-corrected chi connectivity index (χ0v) is 15.3. The molecule has 3 aliphatic rings. The molecule has 0 aliphatic carbocycles. The van der Waals surface area contributed by atoms with Crippen molar-refractivity contribution in [3.63, 3.8) is 0 Å². The van der Waals surface area contributed by atoms with Crippen LogP contribution < -0.4 is 0 Å². The fourth-order valence-corrected chi connectivity index (χ4v) is 4.95. The Morgan fingerprint density at radius 2 is 1.96 bits per heavy atom. The Labute approximate surface area is 153 Å². The van der Waals surface area contributed by atoms with Crippen molar-refractivity contribution in [2.24, 2.45) is 5.92 Å². The number of imide groups is 1. The van der Waals surface area contributed by atoms with Crippen molar-refractivity contribution >= 4 is 23.5 Å². The van der Waals surface area contributed by atoms with Gasteiger partial charge in [-0.25, -0.2) is 4.79 Å². The van der Waals surface area contributed by atoms with E-state index in [1.54, 1.807) is 4.90 Å². The maximum Gasteiger partial charge on any atom is 0.327 e. The molecule has 25 heavy (non-hydrogen) atoms. The van der Waals surface area contributed by atoms with E-state index in [4.69, 9.17) is 11.6 Å². The molecule has 4 rings (SSSR count). The number of benzene rings is 1. The normalized spacial score (nSPS) is 30.2. The lowest BCUT2D eigenvalue weighted by Gasteiger charge is -2.40. The zero-order chi connectivity index (χ0) is 17.6. The van der Waals surface area contributed by atoms with Crippen molar-refractivity contribution in [3.8, 4) is 0 Å². The molecular formula is C19H24ClN3O2. The number of piperidine rings is 1. The smallest absolute Gasteiger partial charge is 0.312 e. The van der Waals surface area contributed by atoms with Crippen LogP contribution in [0.5, 0.6) is 0 Å². The van der Waals surface area contributed by atoms with Crippen LogP contribution in [0.2, 0.25) is 5.02 Å². The Bertz CT molecular complexity index is 673. The summed E-state index contributed by atoms with van der Waals surface area (Å²) < 4.78 is 0. The van der Waals surface area contributed by atoms with E-state index < -0.39 is 0 Å². The predicted octanol–water partition coefficient (Wildman–Crippen LogP) is 3.15. The fraction of sp³-hybridized carbons (Fsp3) is 0.579. The molecule has 134 valence electrons. The molecule has 0 unspecified atom stereocenters. The van der Waals surface area contributed by atoms with Gasteiger partial charge in [-0.15, -0.1) is 0 Å². The number of rotatable bonds is 3. The highest BCUT2D eigenvalue weighted by molar-refractivity contribution is 6.30. The van der Waals surface area contributed by atoms with Gasteiger partial charge in [-0.2, -0.15) is 0 Å². The first-order valence-corrected chi connectivity index (χ1v) is 9.52. The summed E-state index contributed by atoms with van der Waals surface area (Å²) in [4.78, 5) is 30.9. The van der Waals surface area contributed by atoms with E-state index in [1.165, 1.54) is 10.5 Å². The van der Waals surface area contributed by atoms with Crippen LogP contribution in [-0.2, 0) is 4.79 Å². The molecule has 3 heterocycles. The number of hydrogen-bond donors (Lipinski definition) is 0. The zero-order valence-electron chi connectivity index (χ0n) is 14.5. The van der Waals surface area contributed by atoms with Crippen LogP contribution in [0.4, 0.5) is 4.79 Å². The maximum absolute atomic E-state index is 12.7. The lowest BCUT2D eigenvalue weighted by atomic mass is 9.84. The first-order valence-electron chi connectivity index (χ1n) is 9.14. The fourth-order valence-electron chi connectivity index (χ4n) is 4.75. The van der Waals surface area contributed by atoms with Gasteiger partial charge in [0.2, 0.25) is 0 Å². The lowest BCUT2D eigenvalue weighted by molar-refractivity contribution is -0.128. The third-order valence-electron chi connectivity index (χ3n) is 5.89. The van der Waals surface area contributed by atoms with Crippen molar-refractivity contribution in [2.75, 3.05) is 26.7 Å². The summed E-state index contributed by atoms with van der Waals surface area (Å²) in [6.45, 7) is 2.24. The Morgan fingerprint density at radius 3 is 2.72 bits per heavy atom. The molecule has 3 saturated heterocycles. The Morgan fingerprint density at radius 1 is 1.16 bits per heavy atom. The molecule has 0 saturated carbocycles. The van der Waals surface area contributed by atoms with Gasteiger partial charge in [0, 0.05) is 24.2 Å². The van der Waals surface area contributed by atoms with Crippen molar-refractivity contribution < 1.29 is 9.59 Å². The van der Waals surface area contributed by atoms with E-state index in [9.17, 15) is 9.59 Å². The molecule has 3 fully saturated rings. The standard InChI is InChI=1S/C19H24ClN3O2/c1-21-9-3-6-14(17(21)13-5-2-7-15(20)11-13)12-23-18(24)16-8-4-10-22(16)19(23)25/h2,5,7,11,14,16-17H,3-4,6,8-10,12H2,1H3/t14-,16-,17-/m1/s1. The quantitative estimate of drug-likeness (QED) is 0.777. The van der Waals surface area contributed by atoms with E-state index in [2.05, 4.69) is 18.0 Å². The highest BCUT2D eigenvalue weighted by atomic mass is 35.5. The number of nitrogens with zero attached hydrogens (tertiary/aromatic N) is 3. The highest BCUT2D eigenvalue weighted by Crippen LogP contribution is 2.38. The molecule has 5 nitrogen and oxygen atoms in total. The summed E-state index contributed by atoms with van der Waals surface area (Å²) in [5.41, 5.74) is 1.17. The molecule has 3 aliphatic heterocycles. The molecular weight excluding hydrogens is 338 g/mol. The van der Waals surface area contributed by atoms with Gasteiger partial charge in [0.05, 0.1) is 0 Å². The van der Waals surface area contributed by atoms with E-state index in [1.807, 2.05) is 18.2 Å². The summed E-state index contributed by atoms with van der Waals surface area (Å²) in [6.07, 6.45) is 3.85. The van der Waals surface area contributed by atoms with Gasteiger partial charge in [0.15, 0.2) is 0 Å². The van der Waals surface area contributed by atoms with E-state index >= 15 is 0 Å². The Hall–Kier alpha value is -1.59. The summed E-state index contributed by atoms with van der Waals surface area (Å²) in [6, 6.07) is 7.83. The Balaban J connectivity index is 1.57. The van der Waals surface area contributed by atoms with Crippen molar-refractivity contribution in [1.29, 1.82) is 0 Å². The van der Waals surface area contributed by atoms with Gasteiger partial charge in [-0.1, -0.05) is 23.7 Å². The summed E-state index contributed by atoms with van der Waals surface area (Å²) in [5, 5.41) is 0.726. The number of urea groups is 1. The third-order valence-corrected chi connectivity index (χ3v) is 6.13. The van der Waals surface area contributed by atoms with Gasteiger partial charge in [0.25, 0.3) is 5.91 Å². The monoisotopic (exact) mass is 361 g/mol. The second-order valence-corrected chi connectivity index (χ2v) is 7.90. The van der Waals surface area contributed by atoms with Crippen LogP contribution in [-0.4, -0.2) is 59.4 Å². The highest BCUT2D eigenvalue weighted by Gasteiger charge is 2.48. The van der Waals surface area contributed by atoms with Crippen molar-refractivity contribution in [2.45, 2.75) is 37.8 Å². The van der Waals surface area contributed by atoms with Crippen molar-refractivity contribution in [1.82, 2.24) is 14.7 Å². The number of halogens is 1. The third kappa shape index (κ3) is 2.93. The number of fused-ring (bicyclic) bond motifs is 1. The molecule has 6 heteroatoms. The number of amides is 3. The average molecular weight is 362 g/mol. The number of carbonyl (C=O) groups is 2. The van der Waals surface area contributed by atoms with Crippen LogP contribution in [0.1, 0.15) is 37.3 Å². The number of likely N-dealkylation sites (tertiary alicyclic amines) is 1. The molecule has 0 spiro atoms. The second kappa shape index (κ2) is 6.61. The van der Waals surface area contributed by atoms with Crippen LogP contribution in [0, 0.1) is 5.92 Å². The van der Waals surface area contributed by atoms with E-state index in [-0.39, 0.29) is 29.9 Å². The first-order chi connectivity index (χ1) is 12.1. The predicted molar refractivity (Wildman–Crippen MR) is 96.4 cm³/mol.